The van der Waals surface area contributed by atoms with Crippen molar-refractivity contribution in [2.24, 2.45) is 5.14 Å². The summed E-state index contributed by atoms with van der Waals surface area (Å²) in [7, 11) is -3.66. The molecule has 106 valence electrons. The van der Waals surface area contributed by atoms with Gasteiger partial charge in [0, 0.05) is 11.9 Å². The van der Waals surface area contributed by atoms with Crippen molar-refractivity contribution in [2.75, 3.05) is 0 Å². The Morgan fingerprint density at radius 1 is 0.810 bits per heavy atom. The minimum atomic E-state index is -3.66. The monoisotopic (exact) mass is 298 g/mol. The van der Waals surface area contributed by atoms with Gasteiger partial charge in [-0.2, -0.15) is 0 Å². The van der Waals surface area contributed by atoms with Crippen LogP contribution >= 0.6 is 0 Å². The third kappa shape index (κ3) is 2.74. The topological polar surface area (TPSA) is 65.1 Å². The summed E-state index contributed by atoms with van der Waals surface area (Å²) >= 11 is 0. The molecular formula is C16H14N2O2S. The van der Waals surface area contributed by atoms with Crippen LogP contribution in [0, 0.1) is 0 Å². The Balaban J connectivity index is 2.05. The highest BCUT2D eigenvalue weighted by atomic mass is 32.2. The van der Waals surface area contributed by atoms with Gasteiger partial charge in [0.25, 0.3) is 0 Å². The maximum Gasteiger partial charge on any atom is 0.238 e. The number of rotatable bonds is 3. The third-order valence-corrected chi connectivity index (χ3v) is 4.19. The Morgan fingerprint density at radius 2 is 1.48 bits per heavy atom. The molecule has 4 nitrogen and oxygen atoms in total. The molecule has 0 unspecified atom stereocenters. The van der Waals surface area contributed by atoms with Crippen LogP contribution in [0.15, 0.2) is 77.8 Å². The molecule has 1 aromatic heterocycles. The Kier molecular flexibility index (Phi) is 3.37. The number of hydrogen-bond donors (Lipinski definition) is 1. The van der Waals surface area contributed by atoms with Crippen molar-refractivity contribution in [3.63, 3.8) is 0 Å². The maximum atomic E-state index is 11.3. The van der Waals surface area contributed by atoms with Gasteiger partial charge < -0.3 is 4.57 Å². The van der Waals surface area contributed by atoms with E-state index in [9.17, 15) is 8.42 Å². The zero-order valence-electron chi connectivity index (χ0n) is 11.2. The van der Waals surface area contributed by atoms with E-state index in [1.165, 1.54) is 12.1 Å². The molecule has 0 radical (unpaired) electrons. The standard InChI is InChI=1S/C16H14N2O2S/c17-21(19,20)15-10-8-14(9-11-15)18-12-4-7-16(18)13-5-2-1-3-6-13/h1-12H,(H2,17,19,20). The smallest absolute Gasteiger partial charge is 0.238 e. The molecular weight excluding hydrogens is 284 g/mol. The van der Waals surface area contributed by atoms with Crippen molar-refractivity contribution < 1.29 is 8.42 Å². The van der Waals surface area contributed by atoms with Crippen LogP contribution < -0.4 is 5.14 Å². The average Bonchev–Trinajstić information content (AvgIpc) is 2.97. The molecule has 0 saturated carbocycles. The lowest BCUT2D eigenvalue weighted by atomic mass is 10.1. The summed E-state index contributed by atoms with van der Waals surface area (Å²) in [6.45, 7) is 0. The van der Waals surface area contributed by atoms with Gasteiger partial charge in [-0.15, -0.1) is 0 Å². The largest absolute Gasteiger partial charge is 0.317 e. The summed E-state index contributed by atoms with van der Waals surface area (Å²) in [6, 6.07) is 20.5. The zero-order valence-corrected chi connectivity index (χ0v) is 12.0. The molecule has 0 atom stereocenters. The predicted octanol–water partition coefficient (Wildman–Crippen LogP) is 2.79. The SMILES string of the molecule is NS(=O)(=O)c1ccc(-n2cccc2-c2ccccc2)cc1. The highest BCUT2D eigenvalue weighted by molar-refractivity contribution is 7.89. The van der Waals surface area contributed by atoms with Gasteiger partial charge >= 0.3 is 0 Å². The van der Waals surface area contributed by atoms with Gasteiger partial charge in [-0.3, -0.25) is 0 Å². The molecule has 0 aliphatic heterocycles. The fourth-order valence-corrected chi connectivity index (χ4v) is 2.76. The normalized spacial score (nSPS) is 11.5. The molecule has 0 amide bonds. The molecule has 3 rings (SSSR count). The van der Waals surface area contributed by atoms with E-state index in [2.05, 4.69) is 0 Å². The van der Waals surface area contributed by atoms with E-state index in [-0.39, 0.29) is 4.90 Å². The number of primary sulfonamides is 1. The van der Waals surface area contributed by atoms with Crippen molar-refractivity contribution in [3.05, 3.63) is 72.9 Å². The fourth-order valence-electron chi connectivity index (χ4n) is 2.25. The van der Waals surface area contributed by atoms with Crippen molar-refractivity contribution in [3.8, 4) is 16.9 Å². The van der Waals surface area contributed by atoms with Gasteiger partial charge in [0.1, 0.15) is 0 Å². The minimum Gasteiger partial charge on any atom is -0.317 e. The van der Waals surface area contributed by atoms with Gasteiger partial charge in [-0.1, -0.05) is 30.3 Å². The fraction of sp³-hybridized carbons (Fsp3) is 0. The van der Waals surface area contributed by atoms with Crippen molar-refractivity contribution in [2.45, 2.75) is 4.90 Å². The summed E-state index contributed by atoms with van der Waals surface area (Å²) in [5, 5.41) is 5.11. The molecule has 1 heterocycles. The van der Waals surface area contributed by atoms with Gasteiger partial charge in [-0.25, -0.2) is 13.6 Å². The highest BCUT2D eigenvalue weighted by Crippen LogP contribution is 2.24. The number of nitrogens with zero attached hydrogens (tertiary/aromatic N) is 1. The first-order valence-corrected chi connectivity index (χ1v) is 7.96. The van der Waals surface area contributed by atoms with Gasteiger partial charge in [0.2, 0.25) is 10.0 Å². The van der Waals surface area contributed by atoms with Crippen molar-refractivity contribution >= 4 is 10.0 Å². The van der Waals surface area contributed by atoms with Gasteiger partial charge in [0.05, 0.1) is 10.6 Å². The second-order valence-electron chi connectivity index (χ2n) is 4.67. The molecule has 2 aromatic carbocycles. The Labute approximate surface area is 123 Å². The van der Waals surface area contributed by atoms with Crippen molar-refractivity contribution in [1.29, 1.82) is 0 Å². The lowest BCUT2D eigenvalue weighted by molar-refractivity contribution is 0.598. The lowest BCUT2D eigenvalue weighted by Gasteiger charge is -2.10. The van der Waals surface area contributed by atoms with Crippen LogP contribution in [0.5, 0.6) is 0 Å². The van der Waals surface area contributed by atoms with E-state index in [0.29, 0.717) is 0 Å². The Bertz CT molecular complexity index is 851. The van der Waals surface area contributed by atoms with Crippen LogP contribution in [0.2, 0.25) is 0 Å². The molecule has 3 aromatic rings. The lowest BCUT2D eigenvalue weighted by Crippen LogP contribution is -2.12. The van der Waals surface area contributed by atoms with Gasteiger partial charge in [-0.05, 0) is 42.0 Å². The number of nitrogens with two attached hydrogens (primary N) is 1. The summed E-state index contributed by atoms with van der Waals surface area (Å²) in [5.41, 5.74) is 3.02. The highest BCUT2D eigenvalue weighted by Gasteiger charge is 2.09. The van der Waals surface area contributed by atoms with Crippen LogP contribution in [0.4, 0.5) is 0 Å². The summed E-state index contributed by atoms with van der Waals surface area (Å²) in [5.74, 6) is 0. The van der Waals surface area contributed by atoms with Crippen LogP contribution in [-0.4, -0.2) is 13.0 Å². The van der Waals surface area contributed by atoms with Crippen LogP contribution in [-0.2, 0) is 10.0 Å². The molecule has 5 heteroatoms. The number of benzene rings is 2. The van der Waals surface area contributed by atoms with E-state index >= 15 is 0 Å². The Hall–Kier alpha value is -2.37. The number of sulfonamides is 1. The number of hydrogen-bond acceptors (Lipinski definition) is 2. The average molecular weight is 298 g/mol. The zero-order chi connectivity index (χ0) is 14.9. The third-order valence-electron chi connectivity index (χ3n) is 3.26. The first-order valence-electron chi connectivity index (χ1n) is 6.42. The van der Waals surface area contributed by atoms with E-state index in [1.54, 1.807) is 12.1 Å². The first kappa shape index (κ1) is 13.6. The van der Waals surface area contributed by atoms with Gasteiger partial charge in [0.15, 0.2) is 0 Å². The molecule has 21 heavy (non-hydrogen) atoms. The van der Waals surface area contributed by atoms with E-state index < -0.39 is 10.0 Å². The van der Waals surface area contributed by atoms with Crippen LogP contribution in [0.1, 0.15) is 0 Å². The molecule has 0 spiro atoms. The predicted molar refractivity (Wildman–Crippen MR) is 82.6 cm³/mol. The number of aromatic nitrogens is 1. The molecule has 0 saturated heterocycles. The van der Waals surface area contributed by atoms with Crippen molar-refractivity contribution in [1.82, 2.24) is 4.57 Å². The summed E-state index contributed by atoms with van der Waals surface area (Å²) < 4.78 is 24.6. The van der Waals surface area contributed by atoms with E-state index in [1.807, 2.05) is 53.2 Å². The van der Waals surface area contributed by atoms with Crippen LogP contribution in [0.3, 0.4) is 0 Å². The second kappa shape index (κ2) is 5.20. The Morgan fingerprint density at radius 3 is 2.10 bits per heavy atom. The van der Waals surface area contributed by atoms with E-state index in [0.717, 1.165) is 16.9 Å². The maximum absolute atomic E-state index is 11.3. The van der Waals surface area contributed by atoms with Crippen LogP contribution in [0.25, 0.3) is 16.9 Å². The first-order chi connectivity index (χ1) is 10.1. The quantitative estimate of drug-likeness (QED) is 0.808. The summed E-state index contributed by atoms with van der Waals surface area (Å²) in [6.07, 6.45) is 1.94. The molecule has 0 aliphatic carbocycles. The van der Waals surface area contributed by atoms with E-state index in [4.69, 9.17) is 5.14 Å². The molecule has 2 N–H and O–H groups in total. The molecule has 0 bridgehead atoms. The molecule has 0 aliphatic rings. The second-order valence-corrected chi connectivity index (χ2v) is 6.23. The minimum absolute atomic E-state index is 0.111. The summed E-state index contributed by atoms with van der Waals surface area (Å²) in [4.78, 5) is 0.111. The molecule has 0 fully saturated rings.